The monoisotopic (exact) mass is 379 g/mol. The average molecular weight is 380 g/mol. The van der Waals surface area contributed by atoms with Crippen molar-refractivity contribution in [3.8, 4) is 5.75 Å². The first-order valence-corrected chi connectivity index (χ1v) is 10.2. The van der Waals surface area contributed by atoms with Crippen LogP contribution >= 0.6 is 0 Å². The number of rotatable bonds is 7. The van der Waals surface area contributed by atoms with Crippen LogP contribution in [0.1, 0.15) is 18.4 Å². The molecule has 0 aromatic heterocycles. The van der Waals surface area contributed by atoms with E-state index >= 15 is 0 Å². The Kier molecular flexibility index (Phi) is 5.53. The fourth-order valence-corrected chi connectivity index (χ4v) is 4.15. The maximum Gasteiger partial charge on any atom is 0.230 e. The maximum atomic E-state index is 12.9. The second-order valence-electron chi connectivity index (χ2n) is 7.70. The summed E-state index contributed by atoms with van der Waals surface area (Å²) in [5.41, 5.74) is 1.92. The predicted molar refractivity (Wildman–Crippen MR) is 112 cm³/mol. The Morgan fingerprint density at radius 1 is 1.00 bits per heavy atom. The molecule has 2 aliphatic rings. The standard InChI is InChI=1S/C23H29N3O2/c1-28-21-10-6-5-9-20(21)23(11-12-23)22(27)24-13-14-25-15-17-26(18-16-25)19-7-3-2-4-8-19/h2-10H,11-18H2,1H3,(H,24,27). The summed E-state index contributed by atoms with van der Waals surface area (Å²) in [6.07, 6.45) is 1.80. The summed E-state index contributed by atoms with van der Waals surface area (Å²) < 4.78 is 5.48. The minimum atomic E-state index is -0.390. The molecule has 5 nitrogen and oxygen atoms in total. The van der Waals surface area contributed by atoms with Crippen LogP contribution in [0.2, 0.25) is 0 Å². The largest absolute Gasteiger partial charge is 0.496 e. The maximum absolute atomic E-state index is 12.9. The Morgan fingerprint density at radius 2 is 1.68 bits per heavy atom. The Hall–Kier alpha value is -2.53. The van der Waals surface area contributed by atoms with Crippen LogP contribution in [0.4, 0.5) is 5.69 Å². The van der Waals surface area contributed by atoms with Gasteiger partial charge in [-0.3, -0.25) is 9.69 Å². The molecule has 2 aromatic carbocycles. The highest BCUT2D eigenvalue weighted by Crippen LogP contribution is 2.51. The van der Waals surface area contributed by atoms with Crippen LogP contribution in [0.15, 0.2) is 54.6 Å². The van der Waals surface area contributed by atoms with Crippen LogP contribution in [0.3, 0.4) is 0 Å². The Balaban J connectivity index is 1.25. The molecule has 1 saturated heterocycles. The van der Waals surface area contributed by atoms with E-state index in [0.29, 0.717) is 6.54 Å². The fourth-order valence-electron chi connectivity index (χ4n) is 4.15. The van der Waals surface area contributed by atoms with E-state index in [0.717, 1.165) is 56.9 Å². The minimum Gasteiger partial charge on any atom is -0.496 e. The van der Waals surface area contributed by atoms with Crippen LogP contribution in [0.25, 0.3) is 0 Å². The van der Waals surface area contributed by atoms with E-state index in [1.54, 1.807) is 7.11 Å². The summed E-state index contributed by atoms with van der Waals surface area (Å²) >= 11 is 0. The number of nitrogens with one attached hydrogen (secondary N) is 1. The first-order valence-electron chi connectivity index (χ1n) is 10.2. The number of hydrogen-bond acceptors (Lipinski definition) is 4. The highest BCUT2D eigenvalue weighted by Gasteiger charge is 2.52. The van der Waals surface area contributed by atoms with Crippen LogP contribution < -0.4 is 15.0 Å². The molecule has 1 amide bonds. The minimum absolute atomic E-state index is 0.139. The Morgan fingerprint density at radius 3 is 2.36 bits per heavy atom. The molecular weight excluding hydrogens is 350 g/mol. The summed E-state index contributed by atoms with van der Waals surface area (Å²) in [4.78, 5) is 17.7. The lowest BCUT2D eigenvalue weighted by atomic mass is 9.94. The molecule has 4 rings (SSSR count). The highest BCUT2D eigenvalue weighted by atomic mass is 16.5. The van der Waals surface area contributed by atoms with Gasteiger partial charge in [0.25, 0.3) is 0 Å². The number of para-hydroxylation sites is 2. The Labute approximate surface area is 167 Å². The number of hydrogen-bond donors (Lipinski definition) is 1. The molecule has 0 spiro atoms. The molecule has 0 bridgehead atoms. The van der Waals surface area contributed by atoms with Crippen LogP contribution in [0, 0.1) is 0 Å². The van der Waals surface area contributed by atoms with Crippen molar-refractivity contribution in [1.29, 1.82) is 0 Å². The van der Waals surface area contributed by atoms with Gasteiger partial charge in [-0.1, -0.05) is 36.4 Å². The third kappa shape index (κ3) is 3.85. The number of methoxy groups -OCH3 is 1. The molecule has 148 valence electrons. The smallest absolute Gasteiger partial charge is 0.230 e. The summed E-state index contributed by atoms with van der Waals surface area (Å²) in [6, 6.07) is 18.5. The van der Waals surface area contributed by atoms with Crippen molar-refractivity contribution in [2.45, 2.75) is 18.3 Å². The molecule has 5 heteroatoms. The number of carbonyl (C=O) groups is 1. The molecule has 28 heavy (non-hydrogen) atoms. The zero-order valence-electron chi connectivity index (χ0n) is 16.6. The third-order valence-corrected chi connectivity index (χ3v) is 6.01. The van der Waals surface area contributed by atoms with Gasteiger partial charge in [-0.05, 0) is 31.0 Å². The van der Waals surface area contributed by atoms with Crippen molar-refractivity contribution >= 4 is 11.6 Å². The van der Waals surface area contributed by atoms with Gasteiger partial charge >= 0.3 is 0 Å². The molecule has 1 aliphatic carbocycles. The molecular formula is C23H29N3O2. The lowest BCUT2D eigenvalue weighted by molar-refractivity contribution is -0.123. The van der Waals surface area contributed by atoms with Crippen molar-refractivity contribution in [3.63, 3.8) is 0 Å². The summed E-state index contributed by atoms with van der Waals surface area (Å²) in [7, 11) is 1.67. The van der Waals surface area contributed by atoms with Crippen LogP contribution in [0.5, 0.6) is 5.75 Å². The van der Waals surface area contributed by atoms with Gasteiger partial charge in [0.15, 0.2) is 0 Å². The molecule has 1 heterocycles. The molecule has 0 atom stereocenters. The number of piperazine rings is 1. The quantitative estimate of drug-likeness (QED) is 0.803. The van der Waals surface area contributed by atoms with E-state index in [2.05, 4.69) is 45.4 Å². The van der Waals surface area contributed by atoms with E-state index in [1.807, 2.05) is 24.3 Å². The number of amides is 1. The first kappa shape index (κ1) is 18.8. The van der Waals surface area contributed by atoms with Gasteiger partial charge in [0, 0.05) is 50.5 Å². The second kappa shape index (κ2) is 8.23. The number of benzene rings is 2. The van der Waals surface area contributed by atoms with Gasteiger partial charge in [-0.15, -0.1) is 0 Å². The van der Waals surface area contributed by atoms with Gasteiger partial charge in [-0.2, -0.15) is 0 Å². The lowest BCUT2D eigenvalue weighted by Gasteiger charge is -2.36. The highest BCUT2D eigenvalue weighted by molar-refractivity contribution is 5.92. The average Bonchev–Trinajstić information content (AvgIpc) is 3.57. The van der Waals surface area contributed by atoms with Crippen molar-refractivity contribution in [2.24, 2.45) is 0 Å². The predicted octanol–water partition coefficient (Wildman–Crippen LogP) is 2.67. The second-order valence-corrected chi connectivity index (χ2v) is 7.70. The third-order valence-electron chi connectivity index (χ3n) is 6.01. The van der Waals surface area contributed by atoms with Gasteiger partial charge in [0.1, 0.15) is 5.75 Å². The van der Waals surface area contributed by atoms with Crippen molar-refractivity contribution in [2.75, 3.05) is 51.3 Å². The van der Waals surface area contributed by atoms with Crippen molar-refractivity contribution < 1.29 is 9.53 Å². The van der Waals surface area contributed by atoms with E-state index in [4.69, 9.17) is 4.74 Å². The van der Waals surface area contributed by atoms with Crippen LogP contribution in [-0.2, 0) is 10.2 Å². The fraction of sp³-hybridized carbons (Fsp3) is 0.435. The summed E-state index contributed by atoms with van der Waals surface area (Å²) in [5.74, 6) is 0.951. The molecule has 2 fully saturated rings. The van der Waals surface area contributed by atoms with Gasteiger partial charge in [0.05, 0.1) is 12.5 Å². The molecule has 0 unspecified atom stereocenters. The zero-order chi connectivity index (χ0) is 19.4. The molecule has 0 radical (unpaired) electrons. The van der Waals surface area contributed by atoms with Crippen molar-refractivity contribution in [1.82, 2.24) is 10.2 Å². The lowest BCUT2D eigenvalue weighted by Crippen LogP contribution is -2.49. The van der Waals surface area contributed by atoms with Crippen LogP contribution in [-0.4, -0.2) is 57.2 Å². The number of anilines is 1. The van der Waals surface area contributed by atoms with E-state index < -0.39 is 5.41 Å². The SMILES string of the molecule is COc1ccccc1C1(C(=O)NCCN2CCN(c3ccccc3)CC2)CC1. The van der Waals surface area contributed by atoms with Gasteiger partial charge in [0.2, 0.25) is 5.91 Å². The van der Waals surface area contributed by atoms with Crippen molar-refractivity contribution in [3.05, 3.63) is 60.2 Å². The van der Waals surface area contributed by atoms with E-state index in [-0.39, 0.29) is 5.91 Å². The van der Waals surface area contributed by atoms with Gasteiger partial charge in [-0.25, -0.2) is 0 Å². The Bertz CT molecular complexity index is 797. The summed E-state index contributed by atoms with van der Waals surface area (Å²) in [5, 5.41) is 3.18. The number of carbonyl (C=O) groups excluding carboxylic acids is 1. The summed E-state index contributed by atoms with van der Waals surface area (Å²) in [6.45, 7) is 5.72. The molecule has 1 N–H and O–H groups in total. The first-order chi connectivity index (χ1) is 13.7. The normalized spacial score (nSPS) is 18.5. The zero-order valence-corrected chi connectivity index (χ0v) is 16.6. The van der Waals surface area contributed by atoms with Gasteiger partial charge < -0.3 is 15.0 Å². The number of ether oxygens (including phenoxy) is 1. The van der Waals surface area contributed by atoms with E-state index in [9.17, 15) is 4.79 Å². The number of nitrogens with zero attached hydrogens (tertiary/aromatic N) is 2. The topological polar surface area (TPSA) is 44.8 Å². The molecule has 1 saturated carbocycles. The molecule has 1 aliphatic heterocycles. The van der Waals surface area contributed by atoms with E-state index in [1.165, 1.54) is 5.69 Å². The molecule has 2 aromatic rings.